The number of hydrogen-bond donors (Lipinski definition) is 1. The second-order valence-electron chi connectivity index (χ2n) is 4.80. The van der Waals surface area contributed by atoms with Gasteiger partial charge in [-0.1, -0.05) is 18.2 Å². The summed E-state index contributed by atoms with van der Waals surface area (Å²) >= 11 is 3.19. The fraction of sp³-hybridized carbons (Fsp3) is 0.250. The van der Waals surface area contributed by atoms with Crippen molar-refractivity contribution in [2.45, 2.75) is 19.4 Å². The maximum atomic E-state index is 13.2. The van der Waals surface area contributed by atoms with Gasteiger partial charge in [0.2, 0.25) is 0 Å². The Bertz CT molecular complexity index is 615. The molecule has 0 aliphatic carbocycles. The van der Waals surface area contributed by atoms with Gasteiger partial charge in [0.15, 0.2) is 0 Å². The van der Waals surface area contributed by atoms with Gasteiger partial charge in [0.05, 0.1) is 11.6 Å². The van der Waals surface area contributed by atoms with Crippen LogP contribution in [0.1, 0.15) is 22.7 Å². The molecule has 2 N–H and O–H groups in total. The average Bonchev–Trinajstić information content (AvgIpc) is 2.42. The molecule has 0 amide bonds. The molecule has 2 nitrogen and oxygen atoms in total. The van der Waals surface area contributed by atoms with Gasteiger partial charge >= 0.3 is 0 Å². The Labute approximate surface area is 126 Å². The monoisotopic (exact) mass is 337 g/mol. The molecule has 0 saturated heterocycles. The summed E-state index contributed by atoms with van der Waals surface area (Å²) < 4.78 is 19.1. The number of nitrogens with two attached hydrogens (primary N) is 1. The number of rotatable bonds is 4. The molecule has 0 bridgehead atoms. The largest absolute Gasteiger partial charge is 0.496 e. The van der Waals surface area contributed by atoms with Crippen LogP contribution in [-0.2, 0) is 6.42 Å². The highest BCUT2D eigenvalue weighted by Gasteiger charge is 2.13. The fourth-order valence-electron chi connectivity index (χ4n) is 2.16. The van der Waals surface area contributed by atoms with Crippen LogP contribution in [0.4, 0.5) is 4.39 Å². The van der Waals surface area contributed by atoms with E-state index in [1.54, 1.807) is 19.2 Å². The van der Waals surface area contributed by atoms with E-state index in [0.29, 0.717) is 10.9 Å². The van der Waals surface area contributed by atoms with Gasteiger partial charge in [0, 0.05) is 11.6 Å². The van der Waals surface area contributed by atoms with Crippen LogP contribution in [0.3, 0.4) is 0 Å². The van der Waals surface area contributed by atoms with Crippen LogP contribution in [-0.4, -0.2) is 7.11 Å². The van der Waals surface area contributed by atoms with Crippen LogP contribution in [0.5, 0.6) is 5.75 Å². The van der Waals surface area contributed by atoms with Gasteiger partial charge < -0.3 is 10.5 Å². The van der Waals surface area contributed by atoms with E-state index < -0.39 is 0 Å². The summed E-state index contributed by atoms with van der Waals surface area (Å²) in [6, 6.07) is 10.7. The van der Waals surface area contributed by atoms with Crippen molar-refractivity contribution in [3.05, 3.63) is 63.4 Å². The van der Waals surface area contributed by atoms with E-state index in [0.717, 1.165) is 22.4 Å². The third-order valence-electron chi connectivity index (χ3n) is 3.23. The summed E-state index contributed by atoms with van der Waals surface area (Å²) in [6.45, 7) is 2.01. The standard InChI is InChI=1S/C16H17BrFNO/c1-10-3-5-12(16(7-10)20-2)15(19)9-11-4-6-14(18)13(17)8-11/h3-8,15H,9,19H2,1-2H3. The quantitative estimate of drug-likeness (QED) is 0.909. The zero-order chi connectivity index (χ0) is 14.7. The van der Waals surface area contributed by atoms with Crippen LogP contribution in [0, 0.1) is 12.7 Å². The van der Waals surface area contributed by atoms with Crippen molar-refractivity contribution in [2.75, 3.05) is 7.11 Å². The molecule has 20 heavy (non-hydrogen) atoms. The molecular formula is C16H17BrFNO. The predicted octanol–water partition coefficient (Wildman–Crippen LogP) is 4.15. The summed E-state index contributed by atoms with van der Waals surface area (Å²) in [5, 5.41) is 0. The molecule has 2 rings (SSSR count). The first-order valence-corrected chi connectivity index (χ1v) is 7.14. The average molecular weight is 338 g/mol. The molecule has 0 saturated carbocycles. The van der Waals surface area contributed by atoms with Gasteiger partial charge in [-0.2, -0.15) is 0 Å². The fourth-order valence-corrected chi connectivity index (χ4v) is 2.58. The number of methoxy groups -OCH3 is 1. The van der Waals surface area contributed by atoms with E-state index in [9.17, 15) is 4.39 Å². The predicted molar refractivity (Wildman–Crippen MR) is 82.5 cm³/mol. The molecule has 2 aromatic rings. The van der Waals surface area contributed by atoms with Gasteiger partial charge in [-0.05, 0) is 58.6 Å². The normalized spacial score (nSPS) is 12.2. The topological polar surface area (TPSA) is 35.2 Å². The van der Waals surface area contributed by atoms with Crippen molar-refractivity contribution in [1.29, 1.82) is 0 Å². The van der Waals surface area contributed by atoms with Crippen molar-refractivity contribution in [3.63, 3.8) is 0 Å². The SMILES string of the molecule is COc1cc(C)ccc1C(N)Cc1ccc(F)c(Br)c1. The Morgan fingerprint density at radius 3 is 2.65 bits per heavy atom. The van der Waals surface area contributed by atoms with E-state index >= 15 is 0 Å². The third kappa shape index (κ3) is 3.38. The highest BCUT2D eigenvalue weighted by molar-refractivity contribution is 9.10. The molecule has 1 unspecified atom stereocenters. The first-order chi connectivity index (χ1) is 9.51. The lowest BCUT2D eigenvalue weighted by Crippen LogP contribution is -2.14. The summed E-state index contributed by atoms with van der Waals surface area (Å²) in [5.41, 5.74) is 9.32. The molecule has 0 radical (unpaired) electrons. The van der Waals surface area contributed by atoms with E-state index in [4.69, 9.17) is 10.5 Å². The van der Waals surface area contributed by atoms with E-state index in [1.165, 1.54) is 6.07 Å². The number of aryl methyl sites for hydroxylation is 1. The zero-order valence-electron chi connectivity index (χ0n) is 11.5. The van der Waals surface area contributed by atoms with E-state index in [2.05, 4.69) is 15.9 Å². The first kappa shape index (κ1) is 15.0. The number of ether oxygens (including phenoxy) is 1. The minimum Gasteiger partial charge on any atom is -0.496 e. The molecule has 106 valence electrons. The lowest BCUT2D eigenvalue weighted by atomic mass is 9.98. The van der Waals surface area contributed by atoms with Crippen LogP contribution >= 0.6 is 15.9 Å². The van der Waals surface area contributed by atoms with E-state index in [-0.39, 0.29) is 11.9 Å². The van der Waals surface area contributed by atoms with Crippen molar-refractivity contribution in [1.82, 2.24) is 0 Å². The molecule has 2 aromatic carbocycles. The van der Waals surface area contributed by atoms with Crippen LogP contribution < -0.4 is 10.5 Å². The molecule has 0 spiro atoms. The van der Waals surface area contributed by atoms with Gasteiger partial charge in [0.25, 0.3) is 0 Å². The van der Waals surface area contributed by atoms with E-state index in [1.807, 2.05) is 25.1 Å². The van der Waals surface area contributed by atoms with Crippen molar-refractivity contribution >= 4 is 15.9 Å². The maximum Gasteiger partial charge on any atom is 0.137 e. The lowest BCUT2D eigenvalue weighted by Gasteiger charge is -2.16. The Morgan fingerprint density at radius 2 is 2.00 bits per heavy atom. The summed E-state index contributed by atoms with van der Waals surface area (Å²) in [6.07, 6.45) is 0.623. The number of benzene rings is 2. The Balaban J connectivity index is 2.23. The maximum absolute atomic E-state index is 13.2. The second-order valence-corrected chi connectivity index (χ2v) is 5.66. The highest BCUT2D eigenvalue weighted by Crippen LogP contribution is 2.28. The Kier molecular flexibility index (Phi) is 4.78. The molecule has 0 aliphatic heterocycles. The molecule has 4 heteroatoms. The van der Waals surface area contributed by atoms with Gasteiger partial charge in [0.1, 0.15) is 11.6 Å². The lowest BCUT2D eigenvalue weighted by molar-refractivity contribution is 0.405. The molecule has 0 aromatic heterocycles. The minimum absolute atomic E-state index is 0.192. The smallest absolute Gasteiger partial charge is 0.137 e. The molecule has 1 atom stereocenters. The highest BCUT2D eigenvalue weighted by atomic mass is 79.9. The van der Waals surface area contributed by atoms with Gasteiger partial charge in [-0.25, -0.2) is 4.39 Å². The van der Waals surface area contributed by atoms with Gasteiger partial charge in [-0.3, -0.25) is 0 Å². The molecule has 0 heterocycles. The zero-order valence-corrected chi connectivity index (χ0v) is 13.1. The minimum atomic E-state index is -0.268. The Hall–Kier alpha value is -1.39. The van der Waals surface area contributed by atoms with Crippen molar-refractivity contribution < 1.29 is 9.13 Å². The van der Waals surface area contributed by atoms with Crippen molar-refractivity contribution in [3.8, 4) is 5.75 Å². The van der Waals surface area contributed by atoms with Crippen LogP contribution in [0.15, 0.2) is 40.9 Å². The summed E-state index contributed by atoms with van der Waals surface area (Å²) in [5.74, 6) is 0.522. The Morgan fingerprint density at radius 1 is 1.25 bits per heavy atom. The third-order valence-corrected chi connectivity index (χ3v) is 3.84. The first-order valence-electron chi connectivity index (χ1n) is 6.35. The van der Waals surface area contributed by atoms with Crippen LogP contribution in [0.25, 0.3) is 0 Å². The molecular weight excluding hydrogens is 321 g/mol. The number of halogens is 2. The van der Waals surface area contributed by atoms with Crippen LogP contribution in [0.2, 0.25) is 0 Å². The molecule has 0 fully saturated rings. The summed E-state index contributed by atoms with van der Waals surface area (Å²) in [7, 11) is 1.64. The summed E-state index contributed by atoms with van der Waals surface area (Å²) in [4.78, 5) is 0. The number of hydrogen-bond acceptors (Lipinski definition) is 2. The molecule has 0 aliphatic rings. The second kappa shape index (κ2) is 6.37. The van der Waals surface area contributed by atoms with Gasteiger partial charge in [-0.15, -0.1) is 0 Å². The van der Waals surface area contributed by atoms with Crippen molar-refractivity contribution in [2.24, 2.45) is 5.73 Å².